The highest BCUT2D eigenvalue weighted by Gasteiger charge is 2.34. The molecule has 0 radical (unpaired) electrons. The predicted molar refractivity (Wildman–Crippen MR) is 64.8 cm³/mol. The van der Waals surface area contributed by atoms with Crippen molar-refractivity contribution in [2.45, 2.75) is 44.7 Å². The molecule has 1 fully saturated rings. The van der Waals surface area contributed by atoms with Gasteiger partial charge in [-0.25, -0.2) is 4.39 Å². The van der Waals surface area contributed by atoms with Gasteiger partial charge in [-0.3, -0.25) is 0 Å². The second kappa shape index (κ2) is 4.85. The summed E-state index contributed by atoms with van der Waals surface area (Å²) in [5.74, 6) is -0.234. The Morgan fingerprint density at radius 3 is 2.76 bits per heavy atom. The predicted octanol–water partition coefficient (Wildman–Crippen LogP) is 3.12. The summed E-state index contributed by atoms with van der Waals surface area (Å²) in [4.78, 5) is 0. The first kappa shape index (κ1) is 12.1. The minimum Gasteiger partial charge on any atom is -0.307 e. The molecule has 17 heavy (non-hydrogen) atoms. The van der Waals surface area contributed by atoms with Crippen LogP contribution in [0, 0.1) is 17.1 Å². The van der Waals surface area contributed by atoms with Gasteiger partial charge in [0.25, 0.3) is 0 Å². The van der Waals surface area contributed by atoms with Gasteiger partial charge in [0.05, 0.1) is 11.6 Å². The van der Waals surface area contributed by atoms with Crippen molar-refractivity contribution < 1.29 is 4.39 Å². The van der Waals surface area contributed by atoms with E-state index in [9.17, 15) is 4.39 Å². The van der Waals surface area contributed by atoms with E-state index in [1.165, 1.54) is 31.4 Å². The Morgan fingerprint density at radius 1 is 1.47 bits per heavy atom. The molecule has 1 saturated carbocycles. The van der Waals surface area contributed by atoms with Crippen LogP contribution >= 0.6 is 0 Å². The third-order valence-corrected chi connectivity index (χ3v) is 3.82. The summed E-state index contributed by atoms with van der Waals surface area (Å²) in [5.41, 5.74) is 1.31. The van der Waals surface area contributed by atoms with E-state index >= 15 is 0 Å². The van der Waals surface area contributed by atoms with E-state index in [1.54, 1.807) is 6.07 Å². The molecule has 1 aromatic rings. The Balaban J connectivity index is 2.06. The summed E-state index contributed by atoms with van der Waals surface area (Å²) >= 11 is 0. The first-order valence-corrected chi connectivity index (χ1v) is 6.13. The molecule has 90 valence electrons. The van der Waals surface area contributed by atoms with Crippen molar-refractivity contribution >= 4 is 0 Å². The molecule has 0 heterocycles. The fourth-order valence-corrected chi connectivity index (χ4v) is 2.32. The summed E-state index contributed by atoms with van der Waals surface area (Å²) in [6, 6.07) is 6.55. The van der Waals surface area contributed by atoms with Crippen LogP contribution in [0.4, 0.5) is 4.39 Å². The summed E-state index contributed by atoms with van der Waals surface area (Å²) in [6.45, 7) is 2.67. The molecule has 0 unspecified atom stereocenters. The molecular formula is C14H17FN2. The molecule has 1 aliphatic rings. The van der Waals surface area contributed by atoms with Crippen LogP contribution in [0.5, 0.6) is 0 Å². The van der Waals surface area contributed by atoms with Crippen LogP contribution in [0.25, 0.3) is 0 Å². The lowest BCUT2D eigenvalue weighted by Gasteiger charge is -2.42. The minimum absolute atomic E-state index is 0.203. The zero-order valence-corrected chi connectivity index (χ0v) is 10.1. The minimum atomic E-state index is -0.234. The highest BCUT2D eigenvalue weighted by Crippen LogP contribution is 2.34. The molecule has 0 aliphatic heterocycles. The lowest BCUT2D eigenvalue weighted by atomic mass is 9.75. The van der Waals surface area contributed by atoms with Gasteiger partial charge in [0.2, 0.25) is 0 Å². The van der Waals surface area contributed by atoms with Crippen molar-refractivity contribution in [1.29, 1.82) is 5.26 Å². The SMILES string of the molecule is CCC1(NCc2cc(C#N)ccc2F)CCC1. The van der Waals surface area contributed by atoms with Crippen molar-refractivity contribution in [2.75, 3.05) is 0 Å². The molecule has 2 nitrogen and oxygen atoms in total. The van der Waals surface area contributed by atoms with Gasteiger partial charge in [-0.15, -0.1) is 0 Å². The largest absolute Gasteiger partial charge is 0.307 e. The first-order chi connectivity index (χ1) is 8.19. The molecule has 2 rings (SSSR count). The number of benzene rings is 1. The summed E-state index contributed by atoms with van der Waals surface area (Å²) < 4.78 is 13.6. The van der Waals surface area contributed by atoms with Crippen LogP contribution < -0.4 is 5.32 Å². The quantitative estimate of drug-likeness (QED) is 0.865. The van der Waals surface area contributed by atoms with E-state index < -0.39 is 0 Å². The fourth-order valence-electron chi connectivity index (χ4n) is 2.32. The van der Waals surface area contributed by atoms with E-state index in [1.807, 2.05) is 6.07 Å². The summed E-state index contributed by atoms with van der Waals surface area (Å²) in [6.07, 6.45) is 4.67. The normalized spacial score (nSPS) is 17.2. The highest BCUT2D eigenvalue weighted by molar-refractivity contribution is 5.33. The van der Waals surface area contributed by atoms with Crippen LogP contribution in [-0.2, 0) is 6.54 Å². The van der Waals surface area contributed by atoms with E-state index in [4.69, 9.17) is 5.26 Å². The van der Waals surface area contributed by atoms with Crippen molar-refractivity contribution in [1.82, 2.24) is 5.32 Å². The second-order valence-electron chi connectivity index (χ2n) is 4.76. The van der Waals surface area contributed by atoms with Gasteiger partial charge in [0.1, 0.15) is 5.82 Å². The number of rotatable bonds is 4. The van der Waals surface area contributed by atoms with Gasteiger partial charge in [0.15, 0.2) is 0 Å². The van der Waals surface area contributed by atoms with Crippen LogP contribution in [0.15, 0.2) is 18.2 Å². The Kier molecular flexibility index (Phi) is 3.44. The van der Waals surface area contributed by atoms with E-state index in [-0.39, 0.29) is 11.4 Å². The van der Waals surface area contributed by atoms with Crippen molar-refractivity contribution in [2.24, 2.45) is 0 Å². The molecule has 3 heteroatoms. The van der Waals surface area contributed by atoms with Crippen molar-refractivity contribution in [3.63, 3.8) is 0 Å². The van der Waals surface area contributed by atoms with Gasteiger partial charge in [-0.1, -0.05) is 6.92 Å². The molecule has 0 spiro atoms. The van der Waals surface area contributed by atoms with Crippen LogP contribution in [0.2, 0.25) is 0 Å². The van der Waals surface area contributed by atoms with Crippen molar-refractivity contribution in [3.8, 4) is 6.07 Å². The molecule has 1 N–H and O–H groups in total. The van der Waals surface area contributed by atoms with Gasteiger partial charge in [-0.05, 0) is 43.9 Å². The Bertz CT molecular complexity index is 439. The number of nitriles is 1. The molecule has 0 saturated heterocycles. The third-order valence-electron chi connectivity index (χ3n) is 3.82. The van der Waals surface area contributed by atoms with Gasteiger partial charge in [0, 0.05) is 17.6 Å². The molecule has 1 aliphatic carbocycles. The standard InChI is InChI=1S/C14H17FN2/c1-2-14(6-3-7-14)17-10-12-8-11(9-16)4-5-13(12)15/h4-5,8,17H,2-3,6-7,10H2,1H3. The second-order valence-corrected chi connectivity index (χ2v) is 4.76. The number of halogens is 1. The number of nitrogens with one attached hydrogen (secondary N) is 1. The van der Waals surface area contributed by atoms with Gasteiger partial charge < -0.3 is 5.32 Å². The summed E-state index contributed by atoms with van der Waals surface area (Å²) in [5, 5.41) is 12.2. The van der Waals surface area contributed by atoms with Crippen LogP contribution in [0.3, 0.4) is 0 Å². The zero-order valence-electron chi connectivity index (χ0n) is 10.1. The Labute approximate surface area is 101 Å². The Hall–Kier alpha value is -1.40. The monoisotopic (exact) mass is 232 g/mol. The van der Waals surface area contributed by atoms with Gasteiger partial charge in [-0.2, -0.15) is 5.26 Å². The molecule has 0 atom stereocenters. The van der Waals surface area contributed by atoms with Crippen molar-refractivity contribution in [3.05, 3.63) is 35.1 Å². The summed E-state index contributed by atoms with van der Waals surface area (Å²) in [7, 11) is 0. The third kappa shape index (κ3) is 2.48. The fraction of sp³-hybridized carbons (Fsp3) is 0.500. The average Bonchev–Trinajstić information content (AvgIpc) is 2.30. The van der Waals surface area contributed by atoms with E-state index in [2.05, 4.69) is 12.2 Å². The number of hydrogen-bond acceptors (Lipinski definition) is 2. The molecule has 0 bridgehead atoms. The topological polar surface area (TPSA) is 35.8 Å². The number of hydrogen-bond donors (Lipinski definition) is 1. The lowest BCUT2D eigenvalue weighted by molar-refractivity contribution is 0.175. The molecule has 1 aromatic carbocycles. The smallest absolute Gasteiger partial charge is 0.127 e. The highest BCUT2D eigenvalue weighted by atomic mass is 19.1. The Morgan fingerprint density at radius 2 is 2.24 bits per heavy atom. The van der Waals surface area contributed by atoms with E-state index in [0.717, 1.165) is 6.42 Å². The zero-order chi connectivity index (χ0) is 12.3. The van der Waals surface area contributed by atoms with Gasteiger partial charge >= 0.3 is 0 Å². The maximum Gasteiger partial charge on any atom is 0.127 e. The first-order valence-electron chi connectivity index (χ1n) is 6.13. The molecule has 0 aromatic heterocycles. The van der Waals surface area contributed by atoms with Crippen LogP contribution in [0.1, 0.15) is 43.7 Å². The maximum atomic E-state index is 13.6. The van der Waals surface area contributed by atoms with Crippen LogP contribution in [-0.4, -0.2) is 5.54 Å². The molecular weight excluding hydrogens is 215 g/mol. The van der Waals surface area contributed by atoms with E-state index in [0.29, 0.717) is 17.7 Å². The molecule has 0 amide bonds. The number of nitrogens with zero attached hydrogens (tertiary/aromatic N) is 1. The maximum absolute atomic E-state index is 13.6. The lowest BCUT2D eigenvalue weighted by Crippen LogP contribution is -2.49. The average molecular weight is 232 g/mol.